The molecule has 0 radical (unpaired) electrons. The highest BCUT2D eigenvalue weighted by molar-refractivity contribution is 5.99. The molecule has 87 heavy (non-hydrogen) atoms. The molecule has 2 aliphatic rings. The Morgan fingerprint density at radius 1 is 0.678 bits per heavy atom. The molecule has 3 N–H and O–H groups in total. The molecule has 8 atom stereocenters. The number of rotatable bonds is 28. The lowest BCUT2D eigenvalue weighted by molar-refractivity contribution is -0.177. The van der Waals surface area contributed by atoms with Gasteiger partial charge in [0.15, 0.2) is 24.5 Å². The van der Waals surface area contributed by atoms with Gasteiger partial charge in [-0.3, -0.25) is 33.6 Å². The zero-order valence-electron chi connectivity index (χ0n) is 52.8. The molecule has 1 saturated carbocycles. The van der Waals surface area contributed by atoms with Crippen molar-refractivity contribution < 1.29 is 72.0 Å². The van der Waals surface area contributed by atoms with Gasteiger partial charge >= 0.3 is 24.0 Å². The summed E-state index contributed by atoms with van der Waals surface area (Å²) in [5, 5.41) is 17.1. The van der Waals surface area contributed by atoms with Gasteiger partial charge in [0, 0.05) is 58.4 Å². The second kappa shape index (κ2) is 32.3. The molecule has 1 heterocycles. The second-order valence-corrected chi connectivity index (χ2v) is 24.9. The minimum absolute atomic E-state index is 0.0267. The van der Waals surface area contributed by atoms with Crippen molar-refractivity contribution in [1.29, 1.82) is 0 Å². The van der Waals surface area contributed by atoms with E-state index in [9.17, 15) is 43.5 Å². The van der Waals surface area contributed by atoms with Crippen LogP contribution in [0.25, 0.3) is 0 Å². The van der Waals surface area contributed by atoms with Crippen LogP contribution >= 0.6 is 0 Å². The molecule has 476 valence electrons. The molecule has 21 heteroatoms. The number of ketones is 1. The first-order valence-corrected chi connectivity index (χ1v) is 30.4. The molecule has 0 spiro atoms. The standard InChI is InChI=1S/C66H92N6O15/c1-13-43(4)55(86-63(81)56(66(8,9)83)71(12)58(76)48(68-64(82)87-65(5,6)7)36-37-53(74)85-47-33-24-17-25-34-47)61(79)70(11)54(42(2)3)57(75)67-49(39-44-27-18-14-19-28-44)59(77)69(10)51(40-45-29-20-15-21-30-45)60(78)72-38-26-35-50(72)62(80)84-41-52(73)46-31-22-16-23-32-46/h14-16,18-23,27-32,42-43,47-51,54-56,83H,13,17,24-26,33-41H2,1-12H3,(H,67,75)(H,68,82)/t43-,48+,49+,50+,51+,54+,55+,56-/m1/s1. The number of ether oxygens (including phenoxy) is 4. The summed E-state index contributed by atoms with van der Waals surface area (Å²) in [5.74, 6) is -7.89. The maximum absolute atomic E-state index is 15.2. The number of carbonyl (C=O) groups is 10. The van der Waals surface area contributed by atoms with Crippen molar-refractivity contribution in [3.8, 4) is 0 Å². The SMILES string of the molecule is CC[C@@H](C)[C@H](OC(=O)[C@@H](N(C)C(=O)[C@H](CCC(=O)OC1CCCCC1)NC(=O)OC(C)(C)C)C(C)(C)O)C(=O)N(C)[C@H](C(=O)N[C@@H](Cc1ccccc1)C(=O)N(C)[C@@H](Cc1ccccc1)C(=O)N1CCC[C@H]1C(=O)OCC(=O)c1ccccc1)C(C)C. The number of hydrogen-bond acceptors (Lipinski definition) is 15. The molecule has 5 rings (SSSR count). The molecule has 3 aromatic rings. The number of likely N-dealkylation sites (N-methyl/N-ethyl adjacent to an activating group) is 3. The first-order chi connectivity index (χ1) is 41.0. The normalized spacial score (nSPS) is 17.0. The highest BCUT2D eigenvalue weighted by Crippen LogP contribution is 2.27. The fourth-order valence-electron chi connectivity index (χ4n) is 11.1. The summed E-state index contributed by atoms with van der Waals surface area (Å²) in [4.78, 5) is 147. The average Bonchev–Trinajstić information content (AvgIpc) is 1.92. The summed E-state index contributed by atoms with van der Waals surface area (Å²) >= 11 is 0. The van der Waals surface area contributed by atoms with Crippen LogP contribution in [0.5, 0.6) is 0 Å². The summed E-state index contributed by atoms with van der Waals surface area (Å²) in [7, 11) is 4.05. The van der Waals surface area contributed by atoms with Gasteiger partial charge in [0.1, 0.15) is 41.9 Å². The van der Waals surface area contributed by atoms with Crippen LogP contribution in [0.1, 0.15) is 148 Å². The number of benzene rings is 3. The van der Waals surface area contributed by atoms with Gasteiger partial charge < -0.3 is 54.3 Å². The number of esters is 3. The van der Waals surface area contributed by atoms with Crippen molar-refractivity contribution in [2.24, 2.45) is 11.8 Å². The number of aliphatic hydroxyl groups is 1. The number of nitrogens with zero attached hydrogens (tertiary/aromatic N) is 4. The van der Waals surface area contributed by atoms with Gasteiger partial charge in [-0.1, -0.05) is 125 Å². The van der Waals surface area contributed by atoms with E-state index in [4.69, 9.17) is 18.9 Å². The largest absolute Gasteiger partial charge is 0.462 e. The number of likely N-dealkylation sites (tertiary alicyclic amines) is 1. The van der Waals surface area contributed by atoms with E-state index in [0.29, 0.717) is 36.0 Å². The van der Waals surface area contributed by atoms with Crippen LogP contribution in [0, 0.1) is 11.8 Å². The van der Waals surface area contributed by atoms with E-state index in [0.717, 1.165) is 29.1 Å². The molecule has 1 aliphatic heterocycles. The summed E-state index contributed by atoms with van der Waals surface area (Å²) in [6.45, 7) is 13.9. The number of Topliss-reactive ketones (excluding diaryl/α,β-unsaturated/α-hetero) is 1. The van der Waals surface area contributed by atoms with Crippen LogP contribution in [-0.4, -0.2) is 178 Å². The van der Waals surface area contributed by atoms with E-state index < -0.39 is 131 Å². The average molecular weight is 1210 g/mol. The number of carbonyl (C=O) groups excluding carboxylic acids is 10. The Labute approximate surface area is 512 Å². The monoisotopic (exact) mass is 1210 g/mol. The summed E-state index contributed by atoms with van der Waals surface area (Å²) in [5.41, 5.74) is -1.27. The molecule has 6 amide bonds. The van der Waals surface area contributed by atoms with Crippen LogP contribution in [0.15, 0.2) is 91.0 Å². The van der Waals surface area contributed by atoms with E-state index in [1.54, 1.807) is 121 Å². The summed E-state index contributed by atoms with van der Waals surface area (Å²) < 4.78 is 22.7. The van der Waals surface area contributed by atoms with Crippen LogP contribution in [0.3, 0.4) is 0 Å². The van der Waals surface area contributed by atoms with Crippen LogP contribution in [0.2, 0.25) is 0 Å². The van der Waals surface area contributed by atoms with Crippen LogP contribution in [0.4, 0.5) is 4.79 Å². The molecule has 2 fully saturated rings. The third kappa shape index (κ3) is 20.5. The smallest absolute Gasteiger partial charge is 0.408 e. The zero-order valence-corrected chi connectivity index (χ0v) is 52.8. The lowest BCUT2D eigenvalue weighted by Crippen LogP contribution is -2.61. The quantitative estimate of drug-likeness (QED) is 0.0384. The van der Waals surface area contributed by atoms with Gasteiger partial charge in [0.25, 0.3) is 5.91 Å². The highest BCUT2D eigenvalue weighted by atomic mass is 16.6. The Morgan fingerprint density at radius 3 is 1.79 bits per heavy atom. The van der Waals surface area contributed by atoms with Gasteiger partial charge in [-0.05, 0) is 103 Å². The van der Waals surface area contributed by atoms with Crippen molar-refractivity contribution in [2.45, 2.75) is 199 Å². The molecular formula is C66H92N6O15. The van der Waals surface area contributed by atoms with E-state index in [1.807, 2.05) is 18.2 Å². The summed E-state index contributed by atoms with van der Waals surface area (Å²) in [6.07, 6.45) is 1.92. The predicted molar refractivity (Wildman–Crippen MR) is 324 cm³/mol. The highest BCUT2D eigenvalue weighted by Gasteiger charge is 2.47. The topological polar surface area (TPSA) is 265 Å². The van der Waals surface area contributed by atoms with Gasteiger partial charge in [-0.15, -0.1) is 0 Å². The van der Waals surface area contributed by atoms with E-state index >= 15 is 9.59 Å². The Kier molecular flexibility index (Phi) is 26.1. The van der Waals surface area contributed by atoms with E-state index in [2.05, 4.69) is 10.6 Å². The first kappa shape index (κ1) is 70.1. The molecule has 3 aromatic carbocycles. The third-order valence-electron chi connectivity index (χ3n) is 15.9. The van der Waals surface area contributed by atoms with E-state index in [-0.39, 0.29) is 51.2 Å². The Hall–Kier alpha value is -7.68. The van der Waals surface area contributed by atoms with Gasteiger partial charge in [0.05, 0.1) is 5.60 Å². The lowest BCUT2D eigenvalue weighted by Gasteiger charge is -2.39. The lowest BCUT2D eigenvalue weighted by atomic mass is 9.94. The maximum atomic E-state index is 15.2. The van der Waals surface area contributed by atoms with Gasteiger partial charge in [-0.2, -0.15) is 0 Å². The zero-order chi connectivity index (χ0) is 64.3. The molecule has 0 aromatic heterocycles. The van der Waals surface area contributed by atoms with Crippen LogP contribution < -0.4 is 10.6 Å². The molecule has 0 unspecified atom stereocenters. The fourth-order valence-corrected chi connectivity index (χ4v) is 11.1. The number of amides is 6. The molecule has 1 aliphatic carbocycles. The number of alkyl carbamates (subject to hydrolysis) is 1. The van der Waals surface area contributed by atoms with Crippen molar-refractivity contribution in [2.75, 3.05) is 34.3 Å². The predicted octanol–water partition coefficient (Wildman–Crippen LogP) is 6.79. The van der Waals surface area contributed by atoms with Crippen molar-refractivity contribution in [3.05, 3.63) is 108 Å². The molecular weight excluding hydrogens is 1120 g/mol. The van der Waals surface area contributed by atoms with Crippen molar-refractivity contribution in [3.63, 3.8) is 0 Å². The number of nitrogens with one attached hydrogen (secondary N) is 2. The third-order valence-corrected chi connectivity index (χ3v) is 15.9. The number of hydrogen-bond donors (Lipinski definition) is 3. The molecule has 0 bridgehead atoms. The van der Waals surface area contributed by atoms with Gasteiger partial charge in [-0.25, -0.2) is 14.4 Å². The first-order valence-electron chi connectivity index (χ1n) is 30.4. The molecule has 21 nitrogen and oxygen atoms in total. The van der Waals surface area contributed by atoms with Crippen molar-refractivity contribution >= 4 is 59.3 Å². The Bertz CT molecular complexity index is 2820. The Morgan fingerprint density at radius 2 is 1.24 bits per heavy atom. The van der Waals surface area contributed by atoms with Crippen LogP contribution in [-0.2, 0) is 70.1 Å². The maximum Gasteiger partial charge on any atom is 0.408 e. The summed E-state index contributed by atoms with van der Waals surface area (Å²) in [6, 6.07) is 18.2. The van der Waals surface area contributed by atoms with Crippen molar-refractivity contribution in [1.82, 2.24) is 30.2 Å². The minimum atomic E-state index is -2.03. The second-order valence-electron chi connectivity index (χ2n) is 24.9. The Balaban J connectivity index is 1.40. The van der Waals surface area contributed by atoms with E-state index in [1.165, 1.54) is 44.8 Å². The fraction of sp³-hybridized carbons (Fsp3) is 0.576. The molecule has 1 saturated heterocycles. The van der Waals surface area contributed by atoms with Gasteiger partial charge in [0.2, 0.25) is 23.6 Å². The minimum Gasteiger partial charge on any atom is -0.462 e.